The number of aromatic nitrogens is 4. The molecule has 1 heterocycles. The molecule has 0 aliphatic rings. The maximum absolute atomic E-state index is 7.14. The Labute approximate surface area is 91.8 Å². The van der Waals surface area contributed by atoms with Gasteiger partial charge >= 0.3 is 0 Å². The second-order valence-electron chi connectivity index (χ2n) is 3.25. The van der Waals surface area contributed by atoms with Crippen molar-refractivity contribution in [3.05, 3.63) is 24.3 Å². The Balaban J connectivity index is 2.36. The molecular weight excluding hydrogens is 206 g/mol. The molecule has 16 heavy (non-hydrogen) atoms. The highest BCUT2D eigenvalue weighted by atomic mass is 15.5. The first kappa shape index (κ1) is 10.1. The molecule has 2 aromatic rings. The van der Waals surface area contributed by atoms with E-state index in [0.717, 1.165) is 11.3 Å². The Kier molecular flexibility index (Phi) is 2.50. The standard InChI is InChI=1S/C9H11N7/c1-16-8(13-14-15-16)6-3-2-4-7(5-6)12-9(10)11/h2-5H,1H3,(H4,10,11,12). The number of hydrogen-bond donors (Lipinski definition) is 3. The van der Waals surface area contributed by atoms with Crippen LogP contribution < -0.4 is 11.1 Å². The van der Waals surface area contributed by atoms with E-state index in [2.05, 4.69) is 20.8 Å². The number of benzene rings is 1. The Morgan fingerprint density at radius 2 is 2.31 bits per heavy atom. The summed E-state index contributed by atoms with van der Waals surface area (Å²) >= 11 is 0. The first-order chi connectivity index (χ1) is 7.66. The monoisotopic (exact) mass is 217 g/mol. The van der Waals surface area contributed by atoms with Crippen LogP contribution in [0.25, 0.3) is 11.4 Å². The van der Waals surface area contributed by atoms with Gasteiger partial charge in [0, 0.05) is 18.3 Å². The summed E-state index contributed by atoms with van der Waals surface area (Å²) in [4.78, 5) is 0. The van der Waals surface area contributed by atoms with Crippen LogP contribution in [0.3, 0.4) is 0 Å². The zero-order valence-corrected chi connectivity index (χ0v) is 8.68. The van der Waals surface area contributed by atoms with Crippen molar-refractivity contribution in [1.82, 2.24) is 20.2 Å². The predicted octanol–water partition coefficient (Wildman–Crippen LogP) is 0.182. The zero-order valence-electron chi connectivity index (χ0n) is 8.68. The molecular formula is C9H11N7. The highest BCUT2D eigenvalue weighted by Crippen LogP contribution is 2.19. The van der Waals surface area contributed by atoms with Gasteiger partial charge in [-0.3, -0.25) is 5.41 Å². The van der Waals surface area contributed by atoms with Gasteiger partial charge in [-0.2, -0.15) is 0 Å². The highest BCUT2D eigenvalue weighted by molar-refractivity contribution is 5.90. The number of anilines is 1. The fourth-order valence-corrected chi connectivity index (χ4v) is 1.37. The maximum atomic E-state index is 7.14. The minimum Gasteiger partial charge on any atom is -0.370 e. The van der Waals surface area contributed by atoms with Crippen LogP contribution in [0.4, 0.5) is 5.69 Å². The van der Waals surface area contributed by atoms with Crippen LogP contribution in [0.2, 0.25) is 0 Å². The molecule has 0 spiro atoms. The topological polar surface area (TPSA) is 106 Å². The summed E-state index contributed by atoms with van der Waals surface area (Å²) in [5.74, 6) is 0.556. The molecule has 1 aromatic heterocycles. The van der Waals surface area contributed by atoms with Crippen molar-refractivity contribution in [2.24, 2.45) is 12.8 Å². The lowest BCUT2D eigenvalue weighted by Crippen LogP contribution is -2.20. The quantitative estimate of drug-likeness (QED) is 0.491. The number of aryl methyl sites for hydroxylation is 1. The minimum atomic E-state index is -0.103. The van der Waals surface area contributed by atoms with Gasteiger partial charge in [-0.25, -0.2) is 4.68 Å². The average Bonchev–Trinajstić information content (AvgIpc) is 2.64. The minimum absolute atomic E-state index is 0.103. The third-order valence-electron chi connectivity index (χ3n) is 2.02. The van der Waals surface area contributed by atoms with E-state index in [9.17, 15) is 0 Å². The SMILES string of the molecule is Cn1nnnc1-c1cccc(NC(=N)N)c1. The number of hydrogen-bond acceptors (Lipinski definition) is 4. The van der Waals surface area contributed by atoms with Crippen LogP contribution in [-0.4, -0.2) is 26.2 Å². The number of nitrogens with zero attached hydrogens (tertiary/aromatic N) is 4. The van der Waals surface area contributed by atoms with E-state index in [1.54, 1.807) is 11.7 Å². The van der Waals surface area contributed by atoms with Gasteiger partial charge in [0.1, 0.15) is 0 Å². The summed E-state index contributed by atoms with van der Waals surface area (Å²) in [7, 11) is 1.76. The molecule has 7 nitrogen and oxygen atoms in total. The number of nitrogens with two attached hydrogens (primary N) is 1. The normalized spacial score (nSPS) is 10.1. The maximum Gasteiger partial charge on any atom is 0.190 e. The van der Waals surface area contributed by atoms with Crippen molar-refractivity contribution in [2.45, 2.75) is 0 Å². The molecule has 0 atom stereocenters. The van der Waals surface area contributed by atoms with E-state index >= 15 is 0 Å². The van der Waals surface area contributed by atoms with Gasteiger partial charge in [0.25, 0.3) is 0 Å². The molecule has 0 saturated heterocycles. The summed E-state index contributed by atoms with van der Waals surface area (Å²) in [6, 6.07) is 7.37. The largest absolute Gasteiger partial charge is 0.370 e. The predicted molar refractivity (Wildman–Crippen MR) is 59.8 cm³/mol. The molecule has 0 aliphatic heterocycles. The summed E-state index contributed by atoms with van der Waals surface area (Å²) in [5.41, 5.74) is 6.84. The van der Waals surface area contributed by atoms with Crippen LogP contribution in [-0.2, 0) is 7.05 Å². The van der Waals surface area contributed by atoms with Crippen molar-refractivity contribution in [3.8, 4) is 11.4 Å². The first-order valence-electron chi connectivity index (χ1n) is 4.60. The fourth-order valence-electron chi connectivity index (χ4n) is 1.37. The molecule has 0 amide bonds. The lowest BCUT2D eigenvalue weighted by Gasteiger charge is -2.05. The molecule has 0 unspecified atom stereocenters. The van der Waals surface area contributed by atoms with E-state index in [4.69, 9.17) is 11.1 Å². The van der Waals surface area contributed by atoms with Gasteiger partial charge in [-0.15, -0.1) is 5.10 Å². The molecule has 1 aromatic carbocycles. The molecule has 82 valence electrons. The molecule has 2 rings (SSSR count). The van der Waals surface area contributed by atoms with Crippen molar-refractivity contribution < 1.29 is 0 Å². The van der Waals surface area contributed by atoms with E-state index in [-0.39, 0.29) is 5.96 Å². The van der Waals surface area contributed by atoms with Crippen LogP contribution >= 0.6 is 0 Å². The lowest BCUT2D eigenvalue weighted by atomic mass is 10.2. The van der Waals surface area contributed by atoms with Crippen molar-refractivity contribution in [1.29, 1.82) is 5.41 Å². The van der Waals surface area contributed by atoms with Gasteiger partial charge in [0.2, 0.25) is 0 Å². The summed E-state index contributed by atoms with van der Waals surface area (Å²) in [6.45, 7) is 0. The van der Waals surface area contributed by atoms with Crippen molar-refractivity contribution in [3.63, 3.8) is 0 Å². The van der Waals surface area contributed by atoms with E-state index in [1.807, 2.05) is 24.3 Å². The number of guanidine groups is 1. The second kappa shape index (κ2) is 3.97. The molecule has 7 heteroatoms. The second-order valence-corrected chi connectivity index (χ2v) is 3.25. The van der Waals surface area contributed by atoms with E-state index in [1.165, 1.54) is 0 Å². The summed E-state index contributed by atoms with van der Waals surface area (Å²) < 4.78 is 1.58. The smallest absolute Gasteiger partial charge is 0.190 e. The van der Waals surface area contributed by atoms with E-state index in [0.29, 0.717) is 5.82 Å². The Bertz CT molecular complexity index is 516. The molecule has 4 N–H and O–H groups in total. The number of tetrazole rings is 1. The lowest BCUT2D eigenvalue weighted by molar-refractivity contribution is 0.715. The Hall–Kier alpha value is -2.44. The van der Waals surface area contributed by atoms with Crippen molar-refractivity contribution >= 4 is 11.6 Å². The van der Waals surface area contributed by atoms with Crippen molar-refractivity contribution in [2.75, 3.05) is 5.32 Å². The Morgan fingerprint density at radius 3 is 2.94 bits per heavy atom. The first-order valence-corrected chi connectivity index (χ1v) is 4.60. The Morgan fingerprint density at radius 1 is 1.50 bits per heavy atom. The third kappa shape index (κ3) is 1.97. The number of nitrogens with one attached hydrogen (secondary N) is 2. The molecule has 0 saturated carbocycles. The van der Waals surface area contributed by atoms with Crippen LogP contribution in [0.5, 0.6) is 0 Å². The molecule has 0 radical (unpaired) electrons. The summed E-state index contributed by atoms with van der Waals surface area (Å²) in [5, 5.41) is 21.1. The molecule has 0 fully saturated rings. The van der Waals surface area contributed by atoms with Gasteiger partial charge in [-0.1, -0.05) is 12.1 Å². The van der Waals surface area contributed by atoms with Gasteiger partial charge in [-0.05, 0) is 22.6 Å². The van der Waals surface area contributed by atoms with Crippen LogP contribution in [0.15, 0.2) is 24.3 Å². The van der Waals surface area contributed by atoms with Gasteiger partial charge < -0.3 is 11.1 Å². The fraction of sp³-hybridized carbons (Fsp3) is 0.111. The molecule has 0 bridgehead atoms. The number of rotatable bonds is 2. The zero-order chi connectivity index (χ0) is 11.5. The van der Waals surface area contributed by atoms with Crippen LogP contribution in [0.1, 0.15) is 0 Å². The third-order valence-corrected chi connectivity index (χ3v) is 2.02. The summed E-state index contributed by atoms with van der Waals surface area (Å²) in [6.07, 6.45) is 0. The van der Waals surface area contributed by atoms with Gasteiger partial charge in [0.15, 0.2) is 11.8 Å². The highest BCUT2D eigenvalue weighted by Gasteiger charge is 2.06. The molecule has 0 aliphatic carbocycles. The van der Waals surface area contributed by atoms with E-state index < -0.39 is 0 Å². The van der Waals surface area contributed by atoms with Crippen LogP contribution in [0, 0.1) is 5.41 Å². The average molecular weight is 217 g/mol. The van der Waals surface area contributed by atoms with Gasteiger partial charge in [0.05, 0.1) is 0 Å².